The van der Waals surface area contributed by atoms with Crippen LogP contribution in [0.3, 0.4) is 0 Å². The van der Waals surface area contributed by atoms with Crippen molar-refractivity contribution in [2.75, 3.05) is 20.2 Å². The summed E-state index contributed by atoms with van der Waals surface area (Å²) in [4.78, 5) is 55.2. The molecule has 2 heterocycles. The molecule has 0 unspecified atom stereocenters. The van der Waals surface area contributed by atoms with E-state index in [1.165, 1.54) is 12.0 Å². The van der Waals surface area contributed by atoms with Crippen molar-refractivity contribution >= 4 is 23.8 Å². The first-order chi connectivity index (χ1) is 30.8. The van der Waals surface area contributed by atoms with Crippen LogP contribution in [-0.2, 0) is 46.6 Å². The van der Waals surface area contributed by atoms with E-state index in [2.05, 4.69) is 0 Å². The Kier molecular flexibility index (Phi) is 20.6. The molecule has 2 aliphatic heterocycles. The van der Waals surface area contributed by atoms with Crippen molar-refractivity contribution in [3.63, 3.8) is 0 Å². The van der Waals surface area contributed by atoms with Crippen LogP contribution in [0.5, 0.6) is 0 Å². The number of nitrogens with zero attached hydrogens (tertiary/aromatic N) is 2. The molecule has 8 rings (SSSR count). The van der Waals surface area contributed by atoms with Crippen LogP contribution < -0.4 is 18.9 Å². The van der Waals surface area contributed by atoms with E-state index in [1.807, 2.05) is 182 Å². The molecule has 2 saturated heterocycles. The second-order valence-corrected chi connectivity index (χ2v) is 15.7. The maximum absolute atomic E-state index is 13.9. The van der Waals surface area contributed by atoms with Gasteiger partial charge in [0.25, 0.3) is 0 Å². The Morgan fingerprint density at radius 3 is 1.11 bits per heavy atom. The Labute approximate surface area is 399 Å². The SMILES string of the molecule is C.COC(=O)[C@@H]1C[C@@H](OCc2ccccc2)CN1C(=O)C(c1ccccc1)c1ccccc1.O=C(O)[C@@H]1C[C@@H](OCc2ccccc2)CN1C(=O)C(c1ccccc1)c1ccccc1.[Li+].[OH-]. The first-order valence-corrected chi connectivity index (χ1v) is 21.2. The summed E-state index contributed by atoms with van der Waals surface area (Å²) in [6.45, 7) is 1.43. The predicted molar refractivity (Wildman–Crippen MR) is 248 cm³/mol. The number of carboxylic acids is 1. The van der Waals surface area contributed by atoms with Crippen molar-refractivity contribution in [2.45, 2.75) is 69.6 Å². The zero-order valence-corrected chi connectivity index (χ0v) is 36.7. The van der Waals surface area contributed by atoms with Gasteiger partial charge in [-0.1, -0.05) is 189 Å². The van der Waals surface area contributed by atoms with Gasteiger partial charge in [0, 0.05) is 25.9 Å². The molecule has 0 bridgehead atoms. The summed E-state index contributed by atoms with van der Waals surface area (Å²) >= 11 is 0. The van der Waals surface area contributed by atoms with Gasteiger partial charge in [-0.05, 0) is 33.4 Å². The summed E-state index contributed by atoms with van der Waals surface area (Å²) in [6, 6.07) is 56.4. The third kappa shape index (κ3) is 13.4. The normalized spacial score (nSPS) is 17.3. The van der Waals surface area contributed by atoms with Gasteiger partial charge in [-0.15, -0.1) is 0 Å². The molecule has 6 aromatic carbocycles. The van der Waals surface area contributed by atoms with Gasteiger partial charge >= 0.3 is 30.8 Å². The molecule has 0 radical (unpaired) electrons. The second-order valence-electron chi connectivity index (χ2n) is 15.7. The van der Waals surface area contributed by atoms with Crippen molar-refractivity contribution < 1.29 is 62.8 Å². The van der Waals surface area contributed by atoms with Crippen molar-refractivity contribution in [3.8, 4) is 0 Å². The van der Waals surface area contributed by atoms with Crippen LogP contribution in [0.25, 0.3) is 0 Å². The van der Waals surface area contributed by atoms with Gasteiger partial charge in [-0.25, -0.2) is 9.59 Å². The minimum Gasteiger partial charge on any atom is -0.870 e. The quantitative estimate of drug-likeness (QED) is 0.107. The Morgan fingerprint density at radius 1 is 0.515 bits per heavy atom. The number of carbonyl (C=O) groups is 4. The number of carboxylic acid groups (broad SMARTS) is 1. The molecule has 2 fully saturated rings. The maximum atomic E-state index is 13.9. The number of hydrogen-bond acceptors (Lipinski definition) is 8. The van der Waals surface area contributed by atoms with Crippen LogP contribution in [0.4, 0.5) is 0 Å². The van der Waals surface area contributed by atoms with E-state index in [4.69, 9.17) is 14.2 Å². The zero-order chi connectivity index (χ0) is 44.0. The smallest absolute Gasteiger partial charge is 0.870 e. The van der Waals surface area contributed by atoms with Crippen LogP contribution in [0.1, 0.15) is 65.5 Å². The molecule has 2 aliphatic rings. The molecule has 0 aromatic heterocycles. The Bertz CT molecular complexity index is 2300. The largest absolute Gasteiger partial charge is 1.00 e. The van der Waals surface area contributed by atoms with E-state index in [1.54, 1.807) is 4.90 Å². The Hall–Kier alpha value is -6.32. The van der Waals surface area contributed by atoms with Crippen molar-refractivity contribution in [1.82, 2.24) is 9.80 Å². The first-order valence-electron chi connectivity index (χ1n) is 21.2. The molecule has 12 heteroatoms. The van der Waals surface area contributed by atoms with Crippen molar-refractivity contribution in [1.29, 1.82) is 0 Å². The molecular formula is C54H57LiN2O9. The van der Waals surface area contributed by atoms with Gasteiger partial charge in [0.15, 0.2) is 0 Å². The fourth-order valence-electron chi connectivity index (χ4n) is 8.36. The van der Waals surface area contributed by atoms with Crippen LogP contribution in [-0.4, -0.2) is 88.6 Å². The molecule has 2 N–H and O–H groups in total. The molecule has 0 spiro atoms. The van der Waals surface area contributed by atoms with Crippen LogP contribution in [0, 0.1) is 0 Å². The molecule has 0 saturated carbocycles. The third-order valence-corrected chi connectivity index (χ3v) is 11.5. The van der Waals surface area contributed by atoms with Crippen molar-refractivity contribution in [2.24, 2.45) is 0 Å². The van der Waals surface area contributed by atoms with E-state index >= 15 is 0 Å². The molecule has 6 aromatic rings. The average molecular weight is 885 g/mol. The molecule has 4 atom stereocenters. The topological polar surface area (TPSA) is 153 Å². The minimum absolute atomic E-state index is 0. The number of ether oxygens (including phenoxy) is 3. The fraction of sp³-hybridized carbons (Fsp3) is 0.259. The molecule has 338 valence electrons. The number of esters is 1. The van der Waals surface area contributed by atoms with Gasteiger partial charge in [-0.3, -0.25) is 9.59 Å². The van der Waals surface area contributed by atoms with Crippen LogP contribution in [0.15, 0.2) is 182 Å². The van der Waals surface area contributed by atoms with E-state index < -0.39 is 35.9 Å². The predicted octanol–water partition coefficient (Wildman–Crippen LogP) is 5.73. The molecular weight excluding hydrogens is 828 g/mol. The number of likely N-dealkylation sites (tertiary alicyclic amines) is 2. The molecule has 0 aliphatic carbocycles. The molecule has 11 nitrogen and oxygen atoms in total. The standard InChI is InChI=1S/C27H27NO4.C26H25NO4.CH4.Li.H2O/c1-31-27(30)24-17-23(32-19-20-11-5-2-6-12-20)18-28(24)26(29)25(21-13-7-3-8-14-21)22-15-9-4-10-16-22;28-25(24(20-12-6-2-7-13-20)21-14-8-3-9-15-21)27-17-22(16-23(27)26(29)30)31-18-19-10-4-1-5-11-19;;;/h2-16,23-25H,17-19H2,1H3;1-15,22-24H,16-18H2,(H,29,30);1H4;;1H2/q;;;+1;/p-1/t23-,24+;22-,23+;;;/m11.../s1. The zero-order valence-electron chi connectivity index (χ0n) is 36.7. The Morgan fingerprint density at radius 2 is 0.803 bits per heavy atom. The van der Waals surface area contributed by atoms with E-state index in [0.717, 1.165) is 33.4 Å². The number of methoxy groups -OCH3 is 1. The third-order valence-electron chi connectivity index (χ3n) is 11.5. The van der Waals surface area contributed by atoms with Gasteiger partial charge in [-0.2, -0.15) is 0 Å². The van der Waals surface area contributed by atoms with Crippen molar-refractivity contribution in [3.05, 3.63) is 215 Å². The monoisotopic (exact) mass is 884 g/mol. The number of aliphatic carboxylic acids is 1. The summed E-state index contributed by atoms with van der Waals surface area (Å²) in [7, 11) is 1.36. The molecule has 66 heavy (non-hydrogen) atoms. The van der Waals surface area contributed by atoms with Crippen LogP contribution >= 0.6 is 0 Å². The van der Waals surface area contributed by atoms with Gasteiger partial charge < -0.3 is 34.6 Å². The number of rotatable bonds is 14. The summed E-state index contributed by atoms with van der Waals surface area (Å²) in [5.41, 5.74) is 5.54. The maximum Gasteiger partial charge on any atom is 1.00 e. The number of benzene rings is 6. The summed E-state index contributed by atoms with van der Waals surface area (Å²) in [6.07, 6.45) is 0.138. The van der Waals surface area contributed by atoms with Gasteiger partial charge in [0.05, 0.1) is 44.4 Å². The first kappa shape index (κ1) is 52.3. The summed E-state index contributed by atoms with van der Waals surface area (Å²) in [5, 5.41) is 9.81. The second kappa shape index (κ2) is 26.0. The number of amides is 2. The van der Waals surface area contributed by atoms with E-state index in [9.17, 15) is 24.3 Å². The Balaban J connectivity index is 0.000000276. The van der Waals surface area contributed by atoms with Gasteiger partial charge in [0.1, 0.15) is 12.1 Å². The fourth-order valence-corrected chi connectivity index (χ4v) is 8.36. The number of carbonyl (C=O) groups excluding carboxylic acids is 3. The summed E-state index contributed by atoms with van der Waals surface area (Å²) in [5.74, 6) is -2.81. The summed E-state index contributed by atoms with van der Waals surface area (Å²) < 4.78 is 17.1. The molecule has 2 amide bonds. The van der Waals surface area contributed by atoms with Gasteiger partial charge in [0.2, 0.25) is 11.8 Å². The van der Waals surface area contributed by atoms with Crippen LogP contribution in [0.2, 0.25) is 0 Å². The van der Waals surface area contributed by atoms with E-state index in [-0.39, 0.29) is 68.8 Å². The number of hydrogen-bond donors (Lipinski definition) is 1. The average Bonchev–Trinajstić information content (AvgIpc) is 3.98. The minimum atomic E-state index is -1.00. The van der Waals surface area contributed by atoms with E-state index in [0.29, 0.717) is 26.2 Å².